The number of carbonyl (C=O) groups excluding carboxylic acids is 1. The van der Waals surface area contributed by atoms with Crippen LogP contribution < -0.4 is 22.9 Å². The molecule has 3 atom stereocenters. The highest BCUT2D eigenvalue weighted by Crippen LogP contribution is 2.17. The van der Waals surface area contributed by atoms with E-state index in [9.17, 15) is 29.1 Å². The zero-order chi connectivity index (χ0) is 24.8. The maximum atomic E-state index is 11.2. The van der Waals surface area contributed by atoms with Gasteiger partial charge >= 0.3 is 29.8 Å². The molecule has 0 rings (SSSR count). The van der Waals surface area contributed by atoms with Crippen molar-refractivity contribution in [1.82, 2.24) is 0 Å². The SMILES string of the molecule is NC(COC(=O)CC(O)(CC(=O)O)C(=O)O)C(=O)O.NC(N)=NCCCC(N)C(=O)O. The van der Waals surface area contributed by atoms with Gasteiger partial charge in [-0.05, 0) is 12.8 Å². The third-order valence-electron chi connectivity index (χ3n) is 3.30. The molecule has 0 aliphatic carbocycles. The number of aliphatic hydroxyl groups is 1. The molecule has 178 valence electrons. The van der Waals surface area contributed by atoms with Gasteiger partial charge in [-0.25, -0.2) is 4.79 Å². The summed E-state index contributed by atoms with van der Waals surface area (Å²) in [7, 11) is 0. The number of carbonyl (C=O) groups is 5. The van der Waals surface area contributed by atoms with Crippen molar-refractivity contribution in [2.75, 3.05) is 13.2 Å². The Balaban J connectivity index is 0. The van der Waals surface area contributed by atoms with Crippen LogP contribution in [0.2, 0.25) is 0 Å². The summed E-state index contributed by atoms with van der Waals surface area (Å²) in [5.41, 5.74) is 17.5. The zero-order valence-electron chi connectivity index (χ0n) is 16.3. The van der Waals surface area contributed by atoms with Crippen molar-refractivity contribution in [2.45, 2.75) is 43.4 Å². The topological polar surface area (TPSA) is 312 Å². The summed E-state index contributed by atoms with van der Waals surface area (Å²) < 4.78 is 4.33. The van der Waals surface area contributed by atoms with Gasteiger partial charge in [-0.1, -0.05) is 0 Å². The molecule has 0 aromatic heterocycles. The van der Waals surface area contributed by atoms with Crippen LogP contribution in [0.15, 0.2) is 4.99 Å². The van der Waals surface area contributed by atoms with Crippen LogP contribution in [0.1, 0.15) is 25.7 Å². The summed E-state index contributed by atoms with van der Waals surface area (Å²) >= 11 is 0. The lowest BCUT2D eigenvalue weighted by Crippen LogP contribution is -2.44. The highest BCUT2D eigenvalue weighted by Gasteiger charge is 2.41. The number of nitrogens with two attached hydrogens (primary N) is 4. The van der Waals surface area contributed by atoms with Crippen molar-refractivity contribution in [2.24, 2.45) is 27.9 Å². The molecule has 16 nitrogen and oxygen atoms in total. The lowest BCUT2D eigenvalue weighted by molar-refractivity contribution is -0.172. The number of aliphatic carboxylic acids is 4. The maximum Gasteiger partial charge on any atom is 0.336 e. The third-order valence-corrected chi connectivity index (χ3v) is 3.30. The molecule has 0 aliphatic heterocycles. The minimum Gasteiger partial charge on any atom is -0.481 e. The second-order valence-corrected chi connectivity index (χ2v) is 6.11. The number of carboxylic acids is 4. The van der Waals surface area contributed by atoms with Crippen molar-refractivity contribution in [3.8, 4) is 0 Å². The lowest BCUT2D eigenvalue weighted by atomic mass is 9.96. The standard InChI is InChI=1S/C9H13NO9.C6H14N4O2/c10-4(7(14)15)3-19-6(13)2-9(18,8(16)17)1-5(11)12;7-4(5(11)12)2-1-3-10-6(8)9/h4,18H,1-3,10H2,(H,11,12)(H,14,15)(H,16,17);4H,1-3,7H2,(H,11,12)(H4,8,9,10). The number of rotatable bonds is 13. The van der Waals surface area contributed by atoms with Gasteiger partial charge < -0.3 is 53.2 Å². The second-order valence-electron chi connectivity index (χ2n) is 6.11. The van der Waals surface area contributed by atoms with Crippen molar-refractivity contribution in [3.05, 3.63) is 0 Å². The Kier molecular flexibility index (Phi) is 13.9. The van der Waals surface area contributed by atoms with Gasteiger partial charge in [0.2, 0.25) is 0 Å². The maximum absolute atomic E-state index is 11.2. The molecule has 0 amide bonds. The molecule has 0 fully saturated rings. The molecular weight excluding hydrogens is 426 g/mol. The quantitative estimate of drug-likeness (QED) is 0.0556. The van der Waals surface area contributed by atoms with Crippen LogP contribution in [0.3, 0.4) is 0 Å². The summed E-state index contributed by atoms with van der Waals surface area (Å²) in [6.07, 6.45) is -1.39. The summed E-state index contributed by atoms with van der Waals surface area (Å²) in [5, 5.41) is 43.3. The van der Waals surface area contributed by atoms with E-state index in [0.717, 1.165) is 0 Å². The number of aliphatic imine (C=N–C) groups is 1. The van der Waals surface area contributed by atoms with Crippen LogP contribution in [0.4, 0.5) is 0 Å². The molecule has 0 saturated heterocycles. The van der Waals surface area contributed by atoms with Crippen molar-refractivity contribution in [1.29, 1.82) is 0 Å². The van der Waals surface area contributed by atoms with Gasteiger partial charge in [-0.15, -0.1) is 0 Å². The van der Waals surface area contributed by atoms with Crippen LogP contribution >= 0.6 is 0 Å². The van der Waals surface area contributed by atoms with Crippen molar-refractivity contribution < 1.29 is 54.2 Å². The molecular formula is C15H27N5O11. The molecule has 0 heterocycles. The first-order chi connectivity index (χ1) is 14.1. The molecule has 0 aliphatic rings. The normalized spacial score (nSPS) is 13.9. The molecule has 0 radical (unpaired) electrons. The third kappa shape index (κ3) is 15.1. The predicted octanol–water partition coefficient (Wildman–Crippen LogP) is -3.93. The van der Waals surface area contributed by atoms with Crippen molar-refractivity contribution in [3.63, 3.8) is 0 Å². The van der Waals surface area contributed by atoms with Crippen LogP contribution in [0.25, 0.3) is 0 Å². The van der Waals surface area contributed by atoms with Gasteiger partial charge in [-0.2, -0.15) is 0 Å². The van der Waals surface area contributed by atoms with E-state index in [1.54, 1.807) is 0 Å². The summed E-state index contributed by atoms with van der Waals surface area (Å²) in [4.78, 5) is 56.5. The zero-order valence-corrected chi connectivity index (χ0v) is 16.3. The Hall–Kier alpha value is -3.50. The van der Waals surface area contributed by atoms with E-state index >= 15 is 0 Å². The van der Waals surface area contributed by atoms with Crippen LogP contribution in [-0.4, -0.2) is 92.2 Å². The number of esters is 1. The van der Waals surface area contributed by atoms with Gasteiger partial charge in [0.1, 0.15) is 18.7 Å². The van der Waals surface area contributed by atoms with E-state index < -0.39 is 67.0 Å². The average molecular weight is 453 g/mol. The molecule has 0 aromatic carbocycles. The predicted molar refractivity (Wildman–Crippen MR) is 102 cm³/mol. The van der Waals surface area contributed by atoms with Gasteiger partial charge in [0.15, 0.2) is 11.6 Å². The first-order valence-corrected chi connectivity index (χ1v) is 8.47. The Morgan fingerprint density at radius 3 is 1.81 bits per heavy atom. The molecule has 3 unspecified atom stereocenters. The fourth-order valence-electron chi connectivity index (χ4n) is 1.65. The number of carboxylic acid groups (broad SMARTS) is 4. The van der Waals surface area contributed by atoms with Gasteiger partial charge in [0.05, 0.1) is 12.8 Å². The fraction of sp³-hybridized carbons (Fsp3) is 0.600. The minimum atomic E-state index is -2.82. The van der Waals surface area contributed by atoms with E-state index in [1.807, 2.05) is 0 Å². The first-order valence-electron chi connectivity index (χ1n) is 8.47. The smallest absolute Gasteiger partial charge is 0.336 e. The molecule has 0 aromatic rings. The molecule has 31 heavy (non-hydrogen) atoms. The van der Waals surface area contributed by atoms with E-state index in [0.29, 0.717) is 19.4 Å². The minimum absolute atomic E-state index is 0.0129. The summed E-state index contributed by atoms with van der Waals surface area (Å²) in [6, 6.07) is -2.32. The number of guanidine groups is 1. The molecule has 0 bridgehead atoms. The summed E-state index contributed by atoms with van der Waals surface area (Å²) in [5.74, 6) is -7.23. The number of hydrogen-bond donors (Lipinski definition) is 9. The monoisotopic (exact) mass is 453 g/mol. The molecule has 0 spiro atoms. The Bertz CT molecular complexity index is 680. The van der Waals surface area contributed by atoms with Gasteiger partial charge in [-0.3, -0.25) is 24.2 Å². The van der Waals surface area contributed by atoms with E-state index in [4.69, 9.17) is 43.4 Å². The highest BCUT2D eigenvalue weighted by molar-refractivity contribution is 5.88. The molecule has 13 N–H and O–H groups in total. The number of ether oxygens (including phenoxy) is 1. The Morgan fingerprint density at radius 1 is 0.903 bits per heavy atom. The van der Waals surface area contributed by atoms with E-state index in [-0.39, 0.29) is 5.96 Å². The van der Waals surface area contributed by atoms with Crippen molar-refractivity contribution >= 4 is 35.8 Å². The van der Waals surface area contributed by atoms with Crippen LogP contribution in [-0.2, 0) is 28.7 Å². The molecule has 0 saturated carbocycles. The number of nitrogens with zero attached hydrogens (tertiary/aromatic N) is 1. The fourth-order valence-corrected chi connectivity index (χ4v) is 1.65. The van der Waals surface area contributed by atoms with Crippen LogP contribution in [0.5, 0.6) is 0 Å². The van der Waals surface area contributed by atoms with E-state index in [2.05, 4.69) is 9.73 Å². The second kappa shape index (κ2) is 14.5. The summed E-state index contributed by atoms with van der Waals surface area (Å²) in [6.45, 7) is -0.305. The Morgan fingerprint density at radius 2 is 1.42 bits per heavy atom. The molecule has 16 heteroatoms. The van der Waals surface area contributed by atoms with E-state index in [1.165, 1.54) is 0 Å². The highest BCUT2D eigenvalue weighted by atomic mass is 16.5. The average Bonchev–Trinajstić information content (AvgIpc) is 2.62. The first kappa shape index (κ1) is 29.7. The number of hydrogen-bond acceptors (Lipinski definition) is 10. The van der Waals surface area contributed by atoms with Gasteiger partial charge in [0.25, 0.3) is 0 Å². The Labute approximate surface area is 175 Å². The van der Waals surface area contributed by atoms with Crippen LogP contribution in [0, 0.1) is 0 Å². The van der Waals surface area contributed by atoms with Gasteiger partial charge in [0, 0.05) is 6.54 Å². The largest absolute Gasteiger partial charge is 0.481 e. The lowest BCUT2D eigenvalue weighted by Gasteiger charge is -2.20.